The molecule has 0 radical (unpaired) electrons. The molecular formula is C5H7F2K. The molecule has 0 aliphatic heterocycles. The van der Waals surface area contributed by atoms with Gasteiger partial charge < -0.3 is 6.42 Å². The summed E-state index contributed by atoms with van der Waals surface area (Å²) in [5.74, 6) is -2.36. The summed E-state index contributed by atoms with van der Waals surface area (Å²) in [5, 5.41) is 0. The van der Waals surface area contributed by atoms with Crippen LogP contribution in [0.5, 0.6) is 0 Å². The van der Waals surface area contributed by atoms with Crippen molar-refractivity contribution in [2.24, 2.45) is 0 Å². The van der Waals surface area contributed by atoms with E-state index in [1.807, 2.05) is 0 Å². The Kier molecular flexibility index (Phi) is 4.29. The predicted molar refractivity (Wildman–Crippen MR) is 23.1 cm³/mol. The summed E-state index contributed by atoms with van der Waals surface area (Å²) >= 11 is 0. The van der Waals surface area contributed by atoms with Crippen LogP contribution in [-0.2, 0) is 0 Å². The summed E-state index contributed by atoms with van der Waals surface area (Å²) in [5.41, 5.74) is 0. The fourth-order valence-electron chi connectivity index (χ4n) is 0.729. The number of halogens is 2. The number of hydrogen-bond acceptors (Lipinski definition) is 0. The molecule has 0 spiro atoms. The third kappa shape index (κ3) is 2.87. The van der Waals surface area contributed by atoms with E-state index in [0.29, 0.717) is 6.42 Å². The minimum absolute atomic E-state index is 0. The fourth-order valence-corrected chi connectivity index (χ4v) is 0.729. The second-order valence-electron chi connectivity index (χ2n) is 1.89. The standard InChI is InChI=1S/C5H7F2.K/c6-5(7)3-1-2-4-5;/h1H,2-4H2;/q-1;+1. The van der Waals surface area contributed by atoms with E-state index in [2.05, 4.69) is 0 Å². The molecule has 0 heterocycles. The zero-order chi connectivity index (χ0) is 5.33. The van der Waals surface area contributed by atoms with Gasteiger partial charge >= 0.3 is 51.4 Å². The van der Waals surface area contributed by atoms with Gasteiger partial charge in [0, 0.05) is 0 Å². The summed E-state index contributed by atoms with van der Waals surface area (Å²) in [6.07, 6.45) is 2.28. The van der Waals surface area contributed by atoms with Gasteiger partial charge in [0.2, 0.25) is 5.92 Å². The minimum atomic E-state index is -2.36. The van der Waals surface area contributed by atoms with Gasteiger partial charge in [-0.1, -0.05) is 0 Å². The molecule has 0 nitrogen and oxygen atoms in total. The number of hydrogen-bond donors (Lipinski definition) is 0. The fraction of sp³-hybridized carbons (Fsp3) is 0.800. The second kappa shape index (κ2) is 3.61. The summed E-state index contributed by atoms with van der Waals surface area (Å²) < 4.78 is 23.8. The van der Waals surface area contributed by atoms with E-state index in [1.165, 1.54) is 0 Å². The molecule has 1 aliphatic rings. The molecular weight excluding hydrogens is 137 g/mol. The Balaban J connectivity index is 0.000000490. The van der Waals surface area contributed by atoms with Crippen molar-refractivity contribution in [1.82, 2.24) is 0 Å². The molecule has 0 aromatic heterocycles. The van der Waals surface area contributed by atoms with Crippen molar-refractivity contribution in [3.8, 4) is 0 Å². The van der Waals surface area contributed by atoms with E-state index in [4.69, 9.17) is 0 Å². The zero-order valence-corrected chi connectivity index (χ0v) is 8.08. The van der Waals surface area contributed by atoms with Crippen LogP contribution < -0.4 is 51.4 Å². The third-order valence-corrected chi connectivity index (χ3v) is 1.16. The SMILES string of the molecule is FC1(F)C[CH-]CC1.[K+]. The maximum atomic E-state index is 11.9. The Bertz CT molecular complexity index is 64.8. The van der Waals surface area contributed by atoms with Gasteiger partial charge in [0.15, 0.2) is 0 Å². The Morgan fingerprint density at radius 3 is 2.12 bits per heavy atom. The molecule has 0 saturated heterocycles. The van der Waals surface area contributed by atoms with E-state index >= 15 is 0 Å². The van der Waals surface area contributed by atoms with Gasteiger partial charge in [0.1, 0.15) is 0 Å². The van der Waals surface area contributed by atoms with Gasteiger partial charge in [-0.2, -0.15) is 6.42 Å². The molecule has 8 heavy (non-hydrogen) atoms. The minimum Gasteiger partial charge on any atom is -0.323 e. The van der Waals surface area contributed by atoms with Crippen molar-refractivity contribution in [2.75, 3.05) is 0 Å². The number of rotatable bonds is 0. The Labute approximate surface area is 90.4 Å². The molecule has 1 fully saturated rings. The maximum absolute atomic E-state index is 11.9. The van der Waals surface area contributed by atoms with Crippen LogP contribution >= 0.6 is 0 Å². The zero-order valence-electron chi connectivity index (χ0n) is 4.95. The molecule has 0 atom stereocenters. The molecule has 0 amide bonds. The Morgan fingerprint density at radius 2 is 2.00 bits per heavy atom. The van der Waals surface area contributed by atoms with Gasteiger partial charge in [0.05, 0.1) is 0 Å². The summed E-state index contributed by atoms with van der Waals surface area (Å²) in [6, 6.07) is 0. The maximum Gasteiger partial charge on any atom is 1.00 e. The Morgan fingerprint density at radius 1 is 1.38 bits per heavy atom. The second-order valence-corrected chi connectivity index (χ2v) is 1.89. The van der Waals surface area contributed by atoms with Crippen molar-refractivity contribution in [3.05, 3.63) is 6.42 Å². The van der Waals surface area contributed by atoms with Crippen LogP contribution in [0, 0.1) is 6.42 Å². The van der Waals surface area contributed by atoms with Crippen LogP contribution in [0.25, 0.3) is 0 Å². The van der Waals surface area contributed by atoms with Crippen LogP contribution in [0.15, 0.2) is 0 Å². The van der Waals surface area contributed by atoms with E-state index in [1.54, 1.807) is 6.42 Å². The van der Waals surface area contributed by atoms with Crippen molar-refractivity contribution in [1.29, 1.82) is 0 Å². The molecule has 0 aromatic rings. The van der Waals surface area contributed by atoms with Crippen LogP contribution in [0.1, 0.15) is 19.3 Å². The molecule has 1 rings (SSSR count). The monoisotopic (exact) mass is 144 g/mol. The van der Waals surface area contributed by atoms with Crippen molar-refractivity contribution >= 4 is 0 Å². The molecule has 3 heteroatoms. The summed E-state index contributed by atoms with van der Waals surface area (Å²) in [6.45, 7) is 0. The van der Waals surface area contributed by atoms with Crippen molar-refractivity contribution in [3.63, 3.8) is 0 Å². The van der Waals surface area contributed by atoms with Crippen molar-refractivity contribution in [2.45, 2.75) is 25.2 Å². The first-order chi connectivity index (χ1) is 3.21. The first-order valence-corrected chi connectivity index (χ1v) is 2.40. The average molecular weight is 144 g/mol. The normalized spacial score (nSPS) is 24.8. The van der Waals surface area contributed by atoms with E-state index in [0.717, 1.165) is 0 Å². The number of alkyl halides is 2. The summed E-state index contributed by atoms with van der Waals surface area (Å²) in [7, 11) is 0. The van der Waals surface area contributed by atoms with Crippen LogP contribution in [0.4, 0.5) is 8.78 Å². The van der Waals surface area contributed by atoms with E-state index in [-0.39, 0.29) is 64.2 Å². The average Bonchev–Trinajstić information content (AvgIpc) is 1.84. The first-order valence-electron chi connectivity index (χ1n) is 2.40. The first kappa shape index (κ1) is 9.50. The van der Waals surface area contributed by atoms with Gasteiger partial charge in [-0.15, -0.1) is 6.42 Å². The molecule has 1 aliphatic carbocycles. The predicted octanol–water partition coefficient (Wildman–Crippen LogP) is -0.986. The van der Waals surface area contributed by atoms with E-state index in [9.17, 15) is 8.78 Å². The van der Waals surface area contributed by atoms with Crippen molar-refractivity contribution < 1.29 is 60.2 Å². The van der Waals surface area contributed by atoms with Gasteiger partial charge in [-0.3, -0.25) is 0 Å². The molecule has 0 aromatic carbocycles. The van der Waals surface area contributed by atoms with Crippen LogP contribution in [-0.4, -0.2) is 5.92 Å². The van der Waals surface area contributed by atoms with E-state index < -0.39 is 5.92 Å². The molecule has 0 bridgehead atoms. The molecule has 0 N–H and O–H groups in total. The quantitative estimate of drug-likeness (QED) is 0.303. The smallest absolute Gasteiger partial charge is 0.323 e. The van der Waals surface area contributed by atoms with Gasteiger partial charge in [-0.25, -0.2) is 8.78 Å². The molecule has 1 saturated carbocycles. The molecule has 42 valence electrons. The topological polar surface area (TPSA) is 0 Å². The summed E-state index contributed by atoms with van der Waals surface area (Å²) in [4.78, 5) is 0. The third-order valence-electron chi connectivity index (χ3n) is 1.16. The van der Waals surface area contributed by atoms with Gasteiger partial charge in [0.25, 0.3) is 0 Å². The molecule has 0 unspecified atom stereocenters. The largest absolute Gasteiger partial charge is 1.00 e. The Hall–Kier alpha value is 1.50. The van der Waals surface area contributed by atoms with Crippen LogP contribution in [0.3, 0.4) is 0 Å². The van der Waals surface area contributed by atoms with Gasteiger partial charge in [-0.05, 0) is 6.42 Å². The van der Waals surface area contributed by atoms with Crippen LogP contribution in [0.2, 0.25) is 0 Å².